The molecular formula is C23H38OS. The summed E-state index contributed by atoms with van der Waals surface area (Å²) in [5, 5.41) is 0.218. The van der Waals surface area contributed by atoms with Gasteiger partial charge in [-0.15, -0.1) is 0 Å². The number of carbonyl (C=O) groups excluding carboxylic acids is 1. The van der Waals surface area contributed by atoms with Gasteiger partial charge in [0.05, 0.1) is 0 Å². The van der Waals surface area contributed by atoms with Crippen molar-refractivity contribution in [1.82, 2.24) is 0 Å². The van der Waals surface area contributed by atoms with Crippen molar-refractivity contribution in [3.8, 4) is 0 Å². The second kappa shape index (κ2) is 16.7. The van der Waals surface area contributed by atoms with Gasteiger partial charge in [-0.05, 0) is 6.42 Å². The molecule has 1 aromatic rings. The van der Waals surface area contributed by atoms with Gasteiger partial charge in [0.25, 0.3) is 0 Å². The monoisotopic (exact) mass is 362 g/mol. The lowest BCUT2D eigenvalue weighted by molar-refractivity contribution is 0.108. The quantitative estimate of drug-likeness (QED) is 0.277. The molecule has 0 radical (unpaired) electrons. The lowest BCUT2D eigenvalue weighted by atomic mass is 10.0. The fourth-order valence-electron chi connectivity index (χ4n) is 3.12. The van der Waals surface area contributed by atoms with Crippen LogP contribution < -0.4 is 0 Å². The fourth-order valence-corrected chi connectivity index (χ4v) is 3.96. The topological polar surface area (TPSA) is 17.1 Å². The van der Waals surface area contributed by atoms with Crippen LogP contribution >= 0.6 is 11.8 Å². The van der Waals surface area contributed by atoms with E-state index in [0.29, 0.717) is 0 Å². The normalized spacial score (nSPS) is 10.9. The van der Waals surface area contributed by atoms with Crippen LogP contribution in [0.25, 0.3) is 0 Å². The van der Waals surface area contributed by atoms with Gasteiger partial charge in [0.2, 0.25) is 5.12 Å². The highest BCUT2D eigenvalue weighted by Gasteiger charge is 2.04. The van der Waals surface area contributed by atoms with E-state index >= 15 is 0 Å². The molecule has 0 aromatic heterocycles. The van der Waals surface area contributed by atoms with Crippen LogP contribution in [-0.4, -0.2) is 10.9 Å². The molecule has 0 aliphatic carbocycles. The Morgan fingerprint density at radius 3 is 1.60 bits per heavy atom. The highest BCUT2D eigenvalue weighted by Crippen LogP contribution is 2.16. The van der Waals surface area contributed by atoms with E-state index in [1.807, 2.05) is 30.3 Å². The third-order valence-corrected chi connectivity index (χ3v) is 5.73. The number of unbranched alkanes of at least 4 members (excludes halogenated alkanes) is 13. The van der Waals surface area contributed by atoms with Crippen molar-refractivity contribution in [1.29, 1.82) is 0 Å². The van der Waals surface area contributed by atoms with E-state index in [9.17, 15) is 4.79 Å². The summed E-state index contributed by atoms with van der Waals surface area (Å²) in [6.45, 7) is 2.28. The van der Waals surface area contributed by atoms with Crippen LogP contribution in [0.4, 0.5) is 0 Å². The van der Waals surface area contributed by atoms with Crippen LogP contribution in [0.2, 0.25) is 0 Å². The lowest BCUT2D eigenvalue weighted by Gasteiger charge is -2.03. The first-order valence-corrected chi connectivity index (χ1v) is 11.6. The Morgan fingerprint density at radius 1 is 0.680 bits per heavy atom. The number of hydrogen-bond donors (Lipinski definition) is 0. The van der Waals surface area contributed by atoms with Crippen LogP contribution in [0.5, 0.6) is 0 Å². The van der Waals surface area contributed by atoms with E-state index in [4.69, 9.17) is 0 Å². The molecule has 0 N–H and O–H groups in total. The summed E-state index contributed by atoms with van der Waals surface area (Å²) in [4.78, 5) is 11.9. The SMILES string of the molecule is CCCCCCCCCCCCCCCCSC(=O)c1ccccc1. The van der Waals surface area contributed by atoms with E-state index in [0.717, 1.165) is 11.3 Å². The highest BCUT2D eigenvalue weighted by molar-refractivity contribution is 8.14. The van der Waals surface area contributed by atoms with Crippen molar-refractivity contribution in [2.45, 2.75) is 96.8 Å². The molecule has 0 saturated heterocycles. The maximum atomic E-state index is 11.9. The van der Waals surface area contributed by atoms with Crippen LogP contribution in [-0.2, 0) is 0 Å². The first-order valence-electron chi connectivity index (χ1n) is 10.6. The molecular weight excluding hydrogens is 324 g/mol. The number of carbonyl (C=O) groups is 1. The molecule has 0 bridgehead atoms. The predicted octanol–water partition coefficient (Wildman–Crippen LogP) is 8.04. The smallest absolute Gasteiger partial charge is 0.219 e. The first-order chi connectivity index (χ1) is 12.3. The standard InChI is InChI=1S/C23H38OS/c1-2-3-4-5-6-7-8-9-10-11-12-13-14-18-21-25-23(24)22-19-16-15-17-20-22/h15-17,19-20H,2-14,18,21H2,1H3. The molecule has 0 amide bonds. The van der Waals surface area contributed by atoms with Crippen LogP contribution in [0.15, 0.2) is 30.3 Å². The van der Waals surface area contributed by atoms with E-state index in [1.165, 1.54) is 102 Å². The molecule has 1 nitrogen and oxygen atoms in total. The summed E-state index contributed by atoms with van der Waals surface area (Å²) in [6.07, 6.45) is 19.3. The molecule has 0 saturated carbocycles. The van der Waals surface area contributed by atoms with Crippen molar-refractivity contribution in [3.05, 3.63) is 35.9 Å². The van der Waals surface area contributed by atoms with E-state index < -0.39 is 0 Å². The van der Waals surface area contributed by atoms with Gasteiger partial charge in [-0.3, -0.25) is 4.79 Å². The molecule has 2 heteroatoms. The third kappa shape index (κ3) is 13.1. The van der Waals surface area contributed by atoms with Gasteiger partial charge in [-0.2, -0.15) is 0 Å². The lowest BCUT2D eigenvalue weighted by Crippen LogP contribution is -1.94. The Bertz CT molecular complexity index is 415. The summed E-state index contributed by atoms with van der Waals surface area (Å²) < 4.78 is 0. The zero-order valence-electron chi connectivity index (χ0n) is 16.3. The minimum absolute atomic E-state index is 0.218. The van der Waals surface area contributed by atoms with Crippen LogP contribution in [0.3, 0.4) is 0 Å². The molecule has 25 heavy (non-hydrogen) atoms. The summed E-state index contributed by atoms with van der Waals surface area (Å²) in [5.74, 6) is 0.964. The van der Waals surface area contributed by atoms with E-state index in [2.05, 4.69) is 6.92 Å². The molecule has 0 aliphatic rings. The average molecular weight is 363 g/mol. The van der Waals surface area contributed by atoms with Gasteiger partial charge in [0.15, 0.2) is 0 Å². The van der Waals surface area contributed by atoms with Crippen molar-refractivity contribution in [3.63, 3.8) is 0 Å². The van der Waals surface area contributed by atoms with Gasteiger partial charge in [-0.1, -0.05) is 132 Å². The molecule has 0 fully saturated rings. The summed E-state index contributed by atoms with van der Waals surface area (Å²) in [7, 11) is 0. The fraction of sp³-hybridized carbons (Fsp3) is 0.696. The van der Waals surface area contributed by atoms with Crippen molar-refractivity contribution >= 4 is 16.9 Å². The van der Waals surface area contributed by atoms with Crippen molar-refractivity contribution in [2.75, 3.05) is 5.75 Å². The Labute approximate surface area is 160 Å². The number of hydrogen-bond acceptors (Lipinski definition) is 2. The summed E-state index contributed by atoms with van der Waals surface area (Å²) >= 11 is 1.47. The van der Waals surface area contributed by atoms with Crippen LogP contribution in [0, 0.1) is 0 Å². The summed E-state index contributed by atoms with van der Waals surface area (Å²) in [6, 6.07) is 9.62. The number of thioether (sulfide) groups is 1. The second-order valence-electron chi connectivity index (χ2n) is 7.10. The second-order valence-corrected chi connectivity index (χ2v) is 8.17. The highest BCUT2D eigenvalue weighted by atomic mass is 32.2. The zero-order chi connectivity index (χ0) is 18.0. The van der Waals surface area contributed by atoms with Gasteiger partial charge in [0.1, 0.15) is 0 Å². The maximum absolute atomic E-state index is 11.9. The Balaban J connectivity index is 1.78. The van der Waals surface area contributed by atoms with Gasteiger partial charge >= 0.3 is 0 Å². The van der Waals surface area contributed by atoms with Gasteiger partial charge in [-0.25, -0.2) is 0 Å². The number of rotatable bonds is 16. The zero-order valence-corrected chi connectivity index (χ0v) is 17.1. The minimum atomic E-state index is 0.218. The molecule has 0 atom stereocenters. The predicted molar refractivity (Wildman–Crippen MR) is 114 cm³/mol. The third-order valence-electron chi connectivity index (χ3n) is 4.74. The minimum Gasteiger partial charge on any atom is -0.282 e. The van der Waals surface area contributed by atoms with E-state index in [-0.39, 0.29) is 5.12 Å². The Morgan fingerprint density at radius 2 is 1.12 bits per heavy atom. The molecule has 1 aromatic carbocycles. The Kier molecular flexibility index (Phi) is 14.9. The van der Waals surface area contributed by atoms with Gasteiger partial charge < -0.3 is 0 Å². The molecule has 0 unspecified atom stereocenters. The molecule has 142 valence electrons. The molecule has 0 aliphatic heterocycles. The molecule has 1 rings (SSSR count). The van der Waals surface area contributed by atoms with Crippen LogP contribution in [0.1, 0.15) is 107 Å². The first kappa shape index (κ1) is 22.3. The average Bonchev–Trinajstić information content (AvgIpc) is 2.65. The van der Waals surface area contributed by atoms with Crippen molar-refractivity contribution < 1.29 is 4.79 Å². The van der Waals surface area contributed by atoms with E-state index in [1.54, 1.807) is 0 Å². The maximum Gasteiger partial charge on any atom is 0.219 e. The molecule has 0 spiro atoms. The summed E-state index contributed by atoms with van der Waals surface area (Å²) in [5.41, 5.74) is 0.831. The largest absolute Gasteiger partial charge is 0.282 e. The molecule has 0 heterocycles. The number of benzene rings is 1. The van der Waals surface area contributed by atoms with Gasteiger partial charge in [0, 0.05) is 11.3 Å². The van der Waals surface area contributed by atoms with Crippen molar-refractivity contribution in [2.24, 2.45) is 0 Å². The Hall–Kier alpha value is -0.760.